The van der Waals surface area contributed by atoms with Crippen molar-refractivity contribution in [1.29, 1.82) is 0 Å². The van der Waals surface area contributed by atoms with E-state index in [4.69, 9.17) is 0 Å². The van der Waals surface area contributed by atoms with Gasteiger partial charge in [0.25, 0.3) is 10.0 Å². The van der Waals surface area contributed by atoms with Crippen molar-refractivity contribution in [3.63, 3.8) is 0 Å². The molecule has 0 unspecified atom stereocenters. The molecule has 236 valence electrons. The smallest absolute Gasteiger partial charge is 0.264 e. The van der Waals surface area contributed by atoms with Crippen LogP contribution < -0.4 is 9.62 Å². The number of anilines is 1. The van der Waals surface area contributed by atoms with Crippen molar-refractivity contribution in [3.8, 4) is 0 Å². The van der Waals surface area contributed by atoms with E-state index >= 15 is 0 Å². The first-order valence-electron chi connectivity index (χ1n) is 15.1. The minimum absolute atomic E-state index is 0.0817. The molecule has 2 amide bonds. The molecule has 0 spiro atoms. The standard InChI is InChI=1S/C37H43N3O4S/c1-27-16-20-32(21-17-27)40(45(43,44)33-22-18-28(2)19-23-33)26-35(41)39(25-31-15-11-10-12-29(31)3)34(36(42)38-37(4,5)6)24-30-13-8-7-9-14-30/h7-23,34H,24-26H2,1-6H3,(H,38,42)/t34-/m1/s1. The predicted octanol–water partition coefficient (Wildman–Crippen LogP) is 6.36. The Balaban J connectivity index is 1.82. The Hall–Kier alpha value is -4.43. The number of rotatable bonds is 11. The van der Waals surface area contributed by atoms with E-state index in [9.17, 15) is 18.0 Å². The fraction of sp³-hybridized carbons (Fsp3) is 0.297. The Bertz CT molecular complexity index is 1710. The molecule has 0 saturated carbocycles. The van der Waals surface area contributed by atoms with E-state index < -0.39 is 34.1 Å². The van der Waals surface area contributed by atoms with E-state index in [0.717, 1.165) is 32.1 Å². The quantitative estimate of drug-likeness (QED) is 0.210. The first kappa shape index (κ1) is 33.5. The van der Waals surface area contributed by atoms with Gasteiger partial charge in [0, 0.05) is 18.5 Å². The second-order valence-corrected chi connectivity index (χ2v) is 14.4. The molecule has 0 radical (unpaired) electrons. The molecule has 0 aliphatic heterocycles. The molecule has 0 aliphatic rings. The normalized spacial score (nSPS) is 12.3. The van der Waals surface area contributed by atoms with Gasteiger partial charge in [-0.05, 0) is 82.5 Å². The summed E-state index contributed by atoms with van der Waals surface area (Å²) in [4.78, 5) is 30.2. The zero-order chi connectivity index (χ0) is 32.8. The highest BCUT2D eigenvalue weighted by Crippen LogP contribution is 2.26. The topological polar surface area (TPSA) is 86.8 Å². The second kappa shape index (κ2) is 14.1. The monoisotopic (exact) mass is 625 g/mol. The van der Waals surface area contributed by atoms with Crippen molar-refractivity contribution >= 4 is 27.5 Å². The first-order chi connectivity index (χ1) is 21.2. The highest BCUT2D eigenvalue weighted by Gasteiger charge is 2.35. The van der Waals surface area contributed by atoms with Gasteiger partial charge in [0.2, 0.25) is 11.8 Å². The van der Waals surface area contributed by atoms with Gasteiger partial charge in [-0.3, -0.25) is 13.9 Å². The molecule has 8 heteroatoms. The van der Waals surface area contributed by atoms with Gasteiger partial charge >= 0.3 is 0 Å². The molecule has 0 aromatic heterocycles. The lowest BCUT2D eigenvalue weighted by atomic mass is 10.00. The zero-order valence-electron chi connectivity index (χ0n) is 26.9. The molecule has 4 aromatic rings. The van der Waals surface area contributed by atoms with Crippen LogP contribution in [0.4, 0.5) is 5.69 Å². The van der Waals surface area contributed by atoms with Gasteiger partial charge in [0.1, 0.15) is 12.6 Å². The zero-order valence-corrected chi connectivity index (χ0v) is 27.8. The molecule has 0 aliphatic carbocycles. The fourth-order valence-corrected chi connectivity index (χ4v) is 6.47. The third kappa shape index (κ3) is 8.82. The van der Waals surface area contributed by atoms with Gasteiger partial charge in [0.05, 0.1) is 10.6 Å². The number of sulfonamides is 1. The molecule has 0 heterocycles. The molecule has 4 rings (SSSR count). The SMILES string of the molecule is Cc1ccc(N(CC(=O)N(Cc2ccccc2C)[C@H](Cc2ccccc2)C(=O)NC(C)(C)C)S(=O)(=O)c2ccc(C)cc2)cc1. The number of carbonyl (C=O) groups is 2. The van der Waals surface area contributed by atoms with Crippen molar-refractivity contribution in [2.45, 2.75) is 71.0 Å². The summed E-state index contributed by atoms with van der Waals surface area (Å²) in [5, 5.41) is 3.06. The summed E-state index contributed by atoms with van der Waals surface area (Å²) in [5.41, 5.74) is 4.42. The van der Waals surface area contributed by atoms with Gasteiger partial charge in [-0.2, -0.15) is 0 Å². The van der Waals surface area contributed by atoms with Crippen molar-refractivity contribution in [3.05, 3.63) is 131 Å². The second-order valence-electron chi connectivity index (χ2n) is 12.6. The van der Waals surface area contributed by atoms with Crippen molar-refractivity contribution in [1.82, 2.24) is 10.2 Å². The molecule has 0 bridgehead atoms. The summed E-state index contributed by atoms with van der Waals surface area (Å²) >= 11 is 0. The van der Waals surface area contributed by atoms with E-state index in [1.165, 1.54) is 4.90 Å². The van der Waals surface area contributed by atoms with Crippen LogP contribution in [0.2, 0.25) is 0 Å². The maximum absolute atomic E-state index is 14.6. The Kier molecular flexibility index (Phi) is 10.5. The van der Waals surface area contributed by atoms with Crippen LogP contribution in [0, 0.1) is 20.8 Å². The fourth-order valence-electron chi connectivity index (χ4n) is 5.06. The highest BCUT2D eigenvalue weighted by molar-refractivity contribution is 7.92. The summed E-state index contributed by atoms with van der Waals surface area (Å²) in [6.45, 7) is 11.1. The summed E-state index contributed by atoms with van der Waals surface area (Å²) in [5.74, 6) is -0.795. The number of benzene rings is 4. The minimum Gasteiger partial charge on any atom is -0.350 e. The summed E-state index contributed by atoms with van der Waals surface area (Å²) in [6.07, 6.45) is 0.260. The predicted molar refractivity (Wildman–Crippen MR) is 180 cm³/mol. The molecule has 1 N–H and O–H groups in total. The third-order valence-electron chi connectivity index (χ3n) is 7.58. The van der Waals surface area contributed by atoms with Crippen LogP contribution in [0.25, 0.3) is 0 Å². The van der Waals surface area contributed by atoms with E-state index in [0.29, 0.717) is 5.69 Å². The molecular weight excluding hydrogens is 582 g/mol. The Morgan fingerprint density at radius 1 is 0.756 bits per heavy atom. The van der Waals surface area contributed by atoms with Crippen LogP contribution in [0.1, 0.15) is 48.6 Å². The van der Waals surface area contributed by atoms with Crippen LogP contribution in [-0.2, 0) is 32.6 Å². The van der Waals surface area contributed by atoms with Crippen LogP contribution in [0.3, 0.4) is 0 Å². The lowest BCUT2D eigenvalue weighted by Gasteiger charge is -2.35. The summed E-state index contributed by atoms with van der Waals surface area (Å²) in [7, 11) is -4.14. The summed E-state index contributed by atoms with van der Waals surface area (Å²) in [6, 6.07) is 30.0. The first-order valence-corrected chi connectivity index (χ1v) is 16.5. The number of nitrogens with zero attached hydrogens (tertiary/aromatic N) is 2. The number of hydrogen-bond acceptors (Lipinski definition) is 4. The third-order valence-corrected chi connectivity index (χ3v) is 9.37. The van der Waals surface area contributed by atoms with Gasteiger partial charge < -0.3 is 10.2 Å². The van der Waals surface area contributed by atoms with Crippen LogP contribution in [0.5, 0.6) is 0 Å². The number of aryl methyl sites for hydroxylation is 3. The molecule has 45 heavy (non-hydrogen) atoms. The Labute approximate surface area is 268 Å². The van der Waals surface area contributed by atoms with Crippen LogP contribution in [-0.4, -0.2) is 43.3 Å². The maximum atomic E-state index is 14.6. The van der Waals surface area contributed by atoms with E-state index in [1.54, 1.807) is 36.4 Å². The van der Waals surface area contributed by atoms with Gasteiger partial charge in [0.15, 0.2) is 0 Å². The minimum atomic E-state index is -4.14. The lowest BCUT2D eigenvalue weighted by Crippen LogP contribution is -2.56. The maximum Gasteiger partial charge on any atom is 0.264 e. The lowest BCUT2D eigenvalue weighted by molar-refractivity contribution is -0.140. The van der Waals surface area contributed by atoms with Gasteiger partial charge in [-0.1, -0.05) is 90.0 Å². The summed E-state index contributed by atoms with van der Waals surface area (Å²) < 4.78 is 29.5. The molecular formula is C37H43N3O4S. The van der Waals surface area contributed by atoms with E-state index in [1.807, 2.05) is 108 Å². The molecule has 0 saturated heterocycles. The van der Waals surface area contributed by atoms with E-state index in [2.05, 4.69) is 5.32 Å². The van der Waals surface area contributed by atoms with Crippen LogP contribution in [0.15, 0.2) is 108 Å². The molecule has 7 nitrogen and oxygen atoms in total. The molecule has 4 aromatic carbocycles. The van der Waals surface area contributed by atoms with Crippen LogP contribution >= 0.6 is 0 Å². The van der Waals surface area contributed by atoms with Gasteiger partial charge in [-0.15, -0.1) is 0 Å². The average molecular weight is 626 g/mol. The highest BCUT2D eigenvalue weighted by atomic mass is 32.2. The Morgan fingerprint density at radius 2 is 1.31 bits per heavy atom. The molecule has 1 atom stereocenters. The number of nitrogens with one attached hydrogen (secondary N) is 1. The van der Waals surface area contributed by atoms with Crippen molar-refractivity contribution < 1.29 is 18.0 Å². The largest absolute Gasteiger partial charge is 0.350 e. The number of hydrogen-bond donors (Lipinski definition) is 1. The Morgan fingerprint density at radius 3 is 1.89 bits per heavy atom. The van der Waals surface area contributed by atoms with Crippen molar-refractivity contribution in [2.75, 3.05) is 10.8 Å². The number of amides is 2. The van der Waals surface area contributed by atoms with E-state index in [-0.39, 0.29) is 23.8 Å². The number of carbonyl (C=O) groups excluding carboxylic acids is 2. The van der Waals surface area contributed by atoms with Gasteiger partial charge in [-0.25, -0.2) is 8.42 Å². The average Bonchev–Trinajstić information content (AvgIpc) is 2.99. The van der Waals surface area contributed by atoms with Crippen molar-refractivity contribution in [2.24, 2.45) is 0 Å². The molecule has 0 fully saturated rings.